The van der Waals surface area contributed by atoms with Gasteiger partial charge in [0.2, 0.25) is 0 Å². The zero-order valence-electron chi connectivity index (χ0n) is 11.4. The fourth-order valence-corrected chi connectivity index (χ4v) is 2.17. The zero-order valence-corrected chi connectivity index (χ0v) is 12.1. The third-order valence-corrected chi connectivity index (χ3v) is 3.27. The number of aromatic hydroxyl groups is 1. The van der Waals surface area contributed by atoms with E-state index >= 15 is 0 Å². The number of amides is 1. The summed E-state index contributed by atoms with van der Waals surface area (Å²) in [4.78, 5) is 12.2. The Hall–Kier alpha value is -2.00. The molecule has 1 atom stereocenters. The van der Waals surface area contributed by atoms with Gasteiger partial charge < -0.3 is 10.4 Å². The van der Waals surface area contributed by atoms with Gasteiger partial charge in [-0.1, -0.05) is 29.8 Å². The number of carbonyl (C=O) groups excluding carboxylic acids is 1. The highest BCUT2D eigenvalue weighted by atomic mass is 35.5. The Morgan fingerprint density at radius 2 is 1.95 bits per heavy atom. The molecule has 2 aromatic rings. The van der Waals surface area contributed by atoms with Gasteiger partial charge in [0.15, 0.2) is 0 Å². The molecule has 2 rings (SSSR count). The van der Waals surface area contributed by atoms with Gasteiger partial charge in [-0.3, -0.25) is 4.79 Å². The number of carbonyl (C=O) groups is 1. The third kappa shape index (κ3) is 3.11. The number of anilines is 1. The van der Waals surface area contributed by atoms with E-state index in [4.69, 9.17) is 11.6 Å². The average Bonchev–Trinajstić information content (AvgIpc) is 2.41. The van der Waals surface area contributed by atoms with Crippen LogP contribution in [0.5, 0.6) is 5.75 Å². The molecule has 0 bridgehead atoms. The summed E-state index contributed by atoms with van der Waals surface area (Å²) in [5.41, 5.74) is 2.66. The lowest BCUT2D eigenvalue weighted by Crippen LogP contribution is -2.13. The van der Waals surface area contributed by atoms with Crippen LogP contribution in [0.3, 0.4) is 0 Å². The van der Waals surface area contributed by atoms with Crippen LogP contribution in [0, 0.1) is 6.92 Å². The number of alkyl halides is 1. The largest absolute Gasteiger partial charge is 0.507 e. The summed E-state index contributed by atoms with van der Waals surface area (Å²) >= 11 is 6.09. The number of phenols is 1. The van der Waals surface area contributed by atoms with E-state index in [0.29, 0.717) is 5.69 Å². The minimum atomic E-state index is -0.351. The second kappa shape index (κ2) is 5.97. The molecule has 0 aliphatic carbocycles. The first-order valence-electron chi connectivity index (χ1n) is 6.33. The third-order valence-electron chi connectivity index (χ3n) is 3.03. The maximum Gasteiger partial charge on any atom is 0.259 e. The molecule has 0 fully saturated rings. The van der Waals surface area contributed by atoms with Crippen molar-refractivity contribution >= 4 is 23.2 Å². The van der Waals surface area contributed by atoms with Crippen molar-refractivity contribution in [2.75, 3.05) is 5.32 Å². The van der Waals surface area contributed by atoms with Crippen molar-refractivity contribution in [2.24, 2.45) is 0 Å². The molecule has 0 heterocycles. The second-order valence-electron chi connectivity index (χ2n) is 4.68. The number of phenolic OH excluding ortho intramolecular Hbond substituents is 1. The first-order chi connectivity index (χ1) is 9.49. The van der Waals surface area contributed by atoms with Gasteiger partial charge >= 0.3 is 0 Å². The molecular weight excluding hydrogens is 274 g/mol. The molecule has 1 amide bonds. The molecule has 20 heavy (non-hydrogen) atoms. The maximum atomic E-state index is 12.2. The van der Waals surface area contributed by atoms with Crippen molar-refractivity contribution in [3.8, 4) is 5.75 Å². The van der Waals surface area contributed by atoms with Crippen LogP contribution in [0.15, 0.2) is 42.5 Å². The predicted molar refractivity (Wildman–Crippen MR) is 81.5 cm³/mol. The summed E-state index contributed by atoms with van der Waals surface area (Å²) in [5.74, 6) is -0.388. The number of benzene rings is 2. The van der Waals surface area contributed by atoms with E-state index in [1.54, 1.807) is 18.2 Å². The van der Waals surface area contributed by atoms with Gasteiger partial charge in [0.25, 0.3) is 5.91 Å². The van der Waals surface area contributed by atoms with Crippen LogP contribution >= 0.6 is 11.6 Å². The summed E-state index contributed by atoms with van der Waals surface area (Å²) in [6, 6.07) is 12.3. The van der Waals surface area contributed by atoms with Crippen molar-refractivity contribution in [3.05, 3.63) is 59.2 Å². The number of para-hydroxylation sites is 1. The zero-order chi connectivity index (χ0) is 14.7. The minimum Gasteiger partial charge on any atom is -0.507 e. The van der Waals surface area contributed by atoms with Crippen LogP contribution in [0.1, 0.15) is 33.8 Å². The molecule has 0 aliphatic heterocycles. The second-order valence-corrected chi connectivity index (χ2v) is 5.33. The Morgan fingerprint density at radius 3 is 2.65 bits per heavy atom. The van der Waals surface area contributed by atoms with Gasteiger partial charge in [-0.25, -0.2) is 0 Å². The Bertz CT molecular complexity index is 638. The number of halogens is 1. The number of nitrogens with one attached hydrogen (secondary N) is 1. The fraction of sp³-hybridized carbons (Fsp3) is 0.188. The molecule has 2 N–H and O–H groups in total. The first-order valence-corrected chi connectivity index (χ1v) is 6.76. The van der Waals surface area contributed by atoms with Crippen LogP contribution in [-0.4, -0.2) is 11.0 Å². The van der Waals surface area contributed by atoms with Crippen LogP contribution in [0.4, 0.5) is 5.69 Å². The quantitative estimate of drug-likeness (QED) is 0.830. The highest BCUT2D eigenvalue weighted by Gasteiger charge is 2.14. The standard InChI is InChI=1S/C16H16ClNO2/c1-10-7-8-15(19)13(9-10)16(20)18-14-6-4-3-5-12(14)11(2)17/h3-9,11,19H,1-2H3,(H,18,20). The molecule has 0 saturated carbocycles. The SMILES string of the molecule is Cc1ccc(O)c(C(=O)Nc2ccccc2C(C)Cl)c1. The van der Waals surface area contributed by atoms with Gasteiger partial charge in [0.1, 0.15) is 5.75 Å². The topological polar surface area (TPSA) is 49.3 Å². The van der Waals surface area contributed by atoms with Crippen molar-refractivity contribution in [1.82, 2.24) is 0 Å². The van der Waals surface area contributed by atoms with Crippen molar-refractivity contribution in [1.29, 1.82) is 0 Å². The summed E-state index contributed by atoms with van der Waals surface area (Å²) in [5, 5.41) is 12.4. The smallest absolute Gasteiger partial charge is 0.259 e. The van der Waals surface area contributed by atoms with Gasteiger partial charge in [0.05, 0.1) is 10.9 Å². The molecule has 0 spiro atoms. The van der Waals surface area contributed by atoms with Crippen molar-refractivity contribution in [2.45, 2.75) is 19.2 Å². The van der Waals surface area contributed by atoms with E-state index in [9.17, 15) is 9.90 Å². The van der Waals surface area contributed by atoms with Crippen LogP contribution in [0.2, 0.25) is 0 Å². The number of hydrogen-bond acceptors (Lipinski definition) is 2. The molecule has 0 aromatic heterocycles. The number of aryl methyl sites for hydroxylation is 1. The van der Waals surface area contributed by atoms with E-state index in [-0.39, 0.29) is 22.6 Å². The van der Waals surface area contributed by atoms with Crippen LogP contribution < -0.4 is 5.32 Å². The van der Waals surface area contributed by atoms with Crippen molar-refractivity contribution in [3.63, 3.8) is 0 Å². The summed E-state index contributed by atoms with van der Waals surface area (Å²) in [6.07, 6.45) is 0. The highest BCUT2D eigenvalue weighted by molar-refractivity contribution is 6.21. The van der Waals surface area contributed by atoms with Gasteiger partial charge in [0, 0.05) is 5.69 Å². The summed E-state index contributed by atoms with van der Waals surface area (Å²) in [6.45, 7) is 3.71. The lowest BCUT2D eigenvalue weighted by Gasteiger charge is -2.13. The van der Waals surface area contributed by atoms with Crippen LogP contribution in [0.25, 0.3) is 0 Å². The molecule has 104 valence electrons. The van der Waals surface area contributed by atoms with Crippen molar-refractivity contribution < 1.29 is 9.90 Å². The molecule has 1 unspecified atom stereocenters. The van der Waals surface area contributed by atoms with E-state index in [1.807, 2.05) is 32.0 Å². The lowest BCUT2D eigenvalue weighted by molar-refractivity contribution is 0.102. The Labute approximate surface area is 123 Å². The predicted octanol–water partition coefficient (Wildman–Crippen LogP) is 4.25. The molecule has 0 aliphatic rings. The lowest BCUT2D eigenvalue weighted by atomic mass is 10.1. The van der Waals surface area contributed by atoms with E-state index in [2.05, 4.69) is 5.32 Å². The summed E-state index contributed by atoms with van der Waals surface area (Å²) in [7, 11) is 0. The van der Waals surface area contributed by atoms with E-state index in [0.717, 1.165) is 11.1 Å². The molecule has 4 heteroatoms. The average molecular weight is 290 g/mol. The fourth-order valence-electron chi connectivity index (χ4n) is 1.98. The Morgan fingerprint density at radius 1 is 1.25 bits per heavy atom. The molecule has 0 radical (unpaired) electrons. The normalized spacial score (nSPS) is 11.9. The highest BCUT2D eigenvalue weighted by Crippen LogP contribution is 2.28. The van der Waals surface area contributed by atoms with Gasteiger partial charge in [-0.05, 0) is 37.6 Å². The van der Waals surface area contributed by atoms with E-state index < -0.39 is 0 Å². The molecule has 2 aromatic carbocycles. The number of hydrogen-bond donors (Lipinski definition) is 2. The van der Waals surface area contributed by atoms with Gasteiger partial charge in [-0.15, -0.1) is 11.6 Å². The summed E-state index contributed by atoms with van der Waals surface area (Å²) < 4.78 is 0. The molecule has 3 nitrogen and oxygen atoms in total. The molecule has 0 saturated heterocycles. The van der Waals surface area contributed by atoms with Gasteiger partial charge in [-0.2, -0.15) is 0 Å². The van der Waals surface area contributed by atoms with Crippen LogP contribution in [-0.2, 0) is 0 Å². The monoisotopic (exact) mass is 289 g/mol. The first kappa shape index (κ1) is 14.4. The minimum absolute atomic E-state index is 0.0375. The molecular formula is C16H16ClNO2. The van der Waals surface area contributed by atoms with E-state index in [1.165, 1.54) is 6.07 Å². The Kier molecular flexibility index (Phi) is 4.30. The Balaban J connectivity index is 2.31. The maximum absolute atomic E-state index is 12.2. The number of rotatable bonds is 3.